The lowest BCUT2D eigenvalue weighted by molar-refractivity contribution is 0.00946. The molecule has 23 heavy (non-hydrogen) atoms. The highest BCUT2D eigenvalue weighted by Crippen LogP contribution is 2.27. The SMILES string of the molecule is CS(=O)(=O)N(C1CCOCC1)C1CN(Cc2ccccc2F)C1. The maximum Gasteiger partial charge on any atom is 0.211 e. The number of halogens is 1. The van der Waals surface area contributed by atoms with Gasteiger partial charge in [-0.3, -0.25) is 4.90 Å². The van der Waals surface area contributed by atoms with Gasteiger partial charge in [-0.2, -0.15) is 4.31 Å². The van der Waals surface area contributed by atoms with Crippen LogP contribution in [0, 0.1) is 5.82 Å². The second kappa shape index (κ2) is 6.84. The minimum atomic E-state index is -3.25. The third kappa shape index (κ3) is 3.91. The smallest absolute Gasteiger partial charge is 0.211 e. The summed E-state index contributed by atoms with van der Waals surface area (Å²) >= 11 is 0. The summed E-state index contributed by atoms with van der Waals surface area (Å²) in [6.07, 6.45) is 2.77. The van der Waals surface area contributed by atoms with Gasteiger partial charge in [0.2, 0.25) is 10.0 Å². The Kier molecular flexibility index (Phi) is 5.01. The van der Waals surface area contributed by atoms with Gasteiger partial charge in [0.25, 0.3) is 0 Å². The van der Waals surface area contributed by atoms with Gasteiger partial charge < -0.3 is 4.74 Å². The number of rotatable bonds is 5. The molecular weight excluding hydrogens is 319 g/mol. The van der Waals surface area contributed by atoms with Crippen molar-refractivity contribution in [3.63, 3.8) is 0 Å². The van der Waals surface area contributed by atoms with Gasteiger partial charge in [0.15, 0.2) is 0 Å². The van der Waals surface area contributed by atoms with E-state index in [2.05, 4.69) is 4.90 Å². The predicted octanol–water partition coefficient (Wildman–Crippen LogP) is 1.45. The topological polar surface area (TPSA) is 49.9 Å². The standard InChI is InChI=1S/C16H23FN2O3S/c1-23(20,21)19(14-6-8-22-9-7-14)15-11-18(12-15)10-13-4-2-3-5-16(13)17/h2-5,14-15H,6-12H2,1H3. The van der Waals surface area contributed by atoms with Gasteiger partial charge in [-0.25, -0.2) is 12.8 Å². The molecule has 2 aliphatic heterocycles. The van der Waals surface area contributed by atoms with Crippen LogP contribution in [0.2, 0.25) is 0 Å². The summed E-state index contributed by atoms with van der Waals surface area (Å²) in [4.78, 5) is 2.08. The molecule has 5 nitrogen and oxygen atoms in total. The van der Waals surface area contributed by atoms with Gasteiger partial charge in [0, 0.05) is 44.5 Å². The highest BCUT2D eigenvalue weighted by atomic mass is 32.2. The molecule has 2 heterocycles. The van der Waals surface area contributed by atoms with Crippen LogP contribution in [0.1, 0.15) is 18.4 Å². The molecule has 2 saturated heterocycles. The second-order valence-electron chi connectivity index (χ2n) is 6.38. The summed E-state index contributed by atoms with van der Waals surface area (Å²) in [5, 5.41) is 0. The first-order valence-electron chi connectivity index (χ1n) is 7.97. The Bertz CT molecular complexity index is 640. The summed E-state index contributed by atoms with van der Waals surface area (Å²) in [6.45, 7) is 3.05. The van der Waals surface area contributed by atoms with E-state index in [1.54, 1.807) is 16.4 Å². The zero-order valence-electron chi connectivity index (χ0n) is 13.3. The van der Waals surface area contributed by atoms with Crippen LogP contribution in [0.3, 0.4) is 0 Å². The Morgan fingerprint density at radius 1 is 1.22 bits per heavy atom. The third-order valence-electron chi connectivity index (χ3n) is 4.58. The largest absolute Gasteiger partial charge is 0.381 e. The molecule has 0 bridgehead atoms. The van der Waals surface area contributed by atoms with Crippen molar-refractivity contribution >= 4 is 10.0 Å². The van der Waals surface area contributed by atoms with E-state index in [0.29, 0.717) is 38.4 Å². The maximum absolute atomic E-state index is 13.7. The molecule has 2 aliphatic rings. The van der Waals surface area contributed by atoms with Gasteiger partial charge in [-0.15, -0.1) is 0 Å². The molecule has 0 atom stereocenters. The lowest BCUT2D eigenvalue weighted by Crippen LogP contribution is -2.63. The molecule has 0 spiro atoms. The number of nitrogens with zero attached hydrogens (tertiary/aromatic N) is 2. The zero-order valence-corrected chi connectivity index (χ0v) is 14.1. The number of sulfonamides is 1. The van der Waals surface area contributed by atoms with Crippen LogP contribution >= 0.6 is 0 Å². The molecule has 7 heteroatoms. The lowest BCUT2D eigenvalue weighted by Gasteiger charge is -2.47. The van der Waals surface area contributed by atoms with Gasteiger partial charge in [-0.05, 0) is 18.9 Å². The Hall–Kier alpha value is -1.02. The van der Waals surface area contributed by atoms with Crippen LogP contribution in [0.4, 0.5) is 4.39 Å². The second-order valence-corrected chi connectivity index (χ2v) is 8.26. The summed E-state index contributed by atoms with van der Waals surface area (Å²) in [6, 6.07) is 6.74. The average Bonchev–Trinajstić information content (AvgIpc) is 2.46. The monoisotopic (exact) mass is 342 g/mol. The molecule has 0 N–H and O–H groups in total. The normalized spacial score (nSPS) is 21.5. The molecule has 0 radical (unpaired) electrons. The molecule has 0 saturated carbocycles. The van der Waals surface area contributed by atoms with Crippen LogP contribution in [-0.4, -0.2) is 62.3 Å². The van der Waals surface area contributed by atoms with Crippen LogP contribution < -0.4 is 0 Å². The van der Waals surface area contributed by atoms with Crippen LogP contribution in [0.5, 0.6) is 0 Å². The summed E-state index contributed by atoms with van der Waals surface area (Å²) < 4.78 is 45.1. The van der Waals surface area contributed by atoms with E-state index in [1.165, 1.54) is 12.3 Å². The van der Waals surface area contributed by atoms with Crippen LogP contribution in [0.15, 0.2) is 24.3 Å². The highest BCUT2D eigenvalue weighted by molar-refractivity contribution is 7.88. The summed E-state index contributed by atoms with van der Waals surface area (Å²) in [7, 11) is -3.25. The van der Waals surface area contributed by atoms with E-state index in [1.807, 2.05) is 6.07 Å². The van der Waals surface area contributed by atoms with Crippen LogP contribution in [0.25, 0.3) is 0 Å². The maximum atomic E-state index is 13.7. The first-order valence-corrected chi connectivity index (χ1v) is 9.82. The first kappa shape index (κ1) is 16.8. The van der Waals surface area contributed by atoms with E-state index in [4.69, 9.17) is 4.74 Å². The van der Waals surface area contributed by atoms with Crippen molar-refractivity contribution in [3.05, 3.63) is 35.6 Å². The first-order chi connectivity index (χ1) is 10.9. The Balaban J connectivity index is 1.62. The van der Waals surface area contributed by atoms with E-state index < -0.39 is 10.0 Å². The number of likely N-dealkylation sites (tertiary alicyclic amines) is 1. The molecule has 2 fully saturated rings. The Labute approximate surface area is 137 Å². The molecule has 0 unspecified atom stereocenters. The molecule has 3 rings (SSSR count). The Morgan fingerprint density at radius 3 is 2.48 bits per heavy atom. The van der Waals surface area contributed by atoms with Gasteiger partial charge in [-0.1, -0.05) is 18.2 Å². The summed E-state index contributed by atoms with van der Waals surface area (Å²) in [5.74, 6) is -0.208. The number of hydrogen-bond acceptors (Lipinski definition) is 4. The van der Waals surface area contributed by atoms with Gasteiger partial charge in [0.05, 0.1) is 12.3 Å². The predicted molar refractivity (Wildman–Crippen MR) is 86.0 cm³/mol. The minimum Gasteiger partial charge on any atom is -0.381 e. The quantitative estimate of drug-likeness (QED) is 0.813. The van der Waals surface area contributed by atoms with Crippen molar-refractivity contribution in [2.75, 3.05) is 32.6 Å². The van der Waals surface area contributed by atoms with E-state index >= 15 is 0 Å². The van der Waals surface area contributed by atoms with Crippen molar-refractivity contribution in [2.24, 2.45) is 0 Å². The zero-order chi connectivity index (χ0) is 16.4. The highest BCUT2D eigenvalue weighted by Gasteiger charge is 2.40. The van der Waals surface area contributed by atoms with E-state index in [0.717, 1.165) is 12.8 Å². The number of ether oxygens (including phenoxy) is 1. The number of benzene rings is 1. The molecule has 1 aromatic carbocycles. The molecule has 128 valence electrons. The lowest BCUT2D eigenvalue weighted by atomic mass is 10.0. The molecule has 0 amide bonds. The van der Waals surface area contributed by atoms with Crippen molar-refractivity contribution < 1.29 is 17.5 Å². The minimum absolute atomic E-state index is 0.0140. The summed E-state index contributed by atoms with van der Waals surface area (Å²) in [5.41, 5.74) is 0.655. The fraction of sp³-hybridized carbons (Fsp3) is 0.625. The molecule has 0 aliphatic carbocycles. The van der Waals surface area contributed by atoms with E-state index in [-0.39, 0.29) is 17.9 Å². The van der Waals surface area contributed by atoms with Crippen LogP contribution in [-0.2, 0) is 21.3 Å². The molecular formula is C16H23FN2O3S. The van der Waals surface area contributed by atoms with Crippen molar-refractivity contribution in [2.45, 2.75) is 31.5 Å². The number of hydrogen-bond donors (Lipinski definition) is 0. The van der Waals surface area contributed by atoms with Gasteiger partial charge in [0.1, 0.15) is 5.82 Å². The third-order valence-corrected chi connectivity index (χ3v) is 5.95. The molecule has 0 aromatic heterocycles. The van der Waals surface area contributed by atoms with E-state index in [9.17, 15) is 12.8 Å². The average molecular weight is 342 g/mol. The van der Waals surface area contributed by atoms with Crippen molar-refractivity contribution in [1.29, 1.82) is 0 Å². The van der Waals surface area contributed by atoms with Crippen molar-refractivity contribution in [1.82, 2.24) is 9.21 Å². The fourth-order valence-electron chi connectivity index (χ4n) is 3.48. The Morgan fingerprint density at radius 2 is 1.87 bits per heavy atom. The molecule has 1 aromatic rings. The van der Waals surface area contributed by atoms with Crippen molar-refractivity contribution in [3.8, 4) is 0 Å². The van der Waals surface area contributed by atoms with Gasteiger partial charge >= 0.3 is 0 Å². The fourth-order valence-corrected chi connectivity index (χ4v) is 4.91.